The van der Waals surface area contributed by atoms with Crippen LogP contribution >= 0.6 is 0 Å². The highest BCUT2D eigenvalue weighted by Crippen LogP contribution is 2.21. The van der Waals surface area contributed by atoms with E-state index in [9.17, 15) is 4.79 Å². The predicted molar refractivity (Wildman–Crippen MR) is 68.4 cm³/mol. The minimum atomic E-state index is 0.0578. The minimum absolute atomic E-state index is 0.0578. The molecule has 0 radical (unpaired) electrons. The maximum Gasteiger partial charge on any atom is 0.159 e. The van der Waals surface area contributed by atoms with E-state index in [2.05, 4.69) is 19.1 Å². The van der Waals surface area contributed by atoms with E-state index in [0.717, 1.165) is 24.2 Å². The number of ether oxygens (including phenoxy) is 1. The number of carbonyl (C=O) groups excluding carboxylic acids is 1. The van der Waals surface area contributed by atoms with Gasteiger partial charge in [-0.3, -0.25) is 4.79 Å². The number of hydrogen-bond acceptors (Lipinski definition) is 2. The van der Waals surface area contributed by atoms with Gasteiger partial charge in [-0.15, -0.1) is 0 Å². The van der Waals surface area contributed by atoms with Gasteiger partial charge in [0.25, 0.3) is 0 Å². The van der Waals surface area contributed by atoms with E-state index in [-0.39, 0.29) is 11.9 Å². The highest BCUT2D eigenvalue weighted by atomic mass is 16.5. The van der Waals surface area contributed by atoms with Crippen molar-refractivity contribution in [1.82, 2.24) is 0 Å². The van der Waals surface area contributed by atoms with Crippen molar-refractivity contribution in [2.24, 2.45) is 5.92 Å². The summed E-state index contributed by atoms with van der Waals surface area (Å²) in [5.41, 5.74) is 0.784. The smallest absolute Gasteiger partial charge is 0.159 e. The average molecular weight is 230 g/mol. The second-order valence-electron chi connectivity index (χ2n) is 4.65. The molecule has 0 amide bonds. The molecule has 2 aliphatic carbocycles. The molecule has 0 N–H and O–H groups in total. The van der Waals surface area contributed by atoms with E-state index in [1.807, 2.05) is 24.3 Å². The first-order chi connectivity index (χ1) is 8.15. The molecule has 0 aromatic heterocycles. The molecule has 2 atom stereocenters. The molecule has 0 saturated heterocycles. The van der Waals surface area contributed by atoms with E-state index >= 15 is 0 Å². The van der Waals surface area contributed by atoms with Crippen molar-refractivity contribution in [1.29, 1.82) is 0 Å². The van der Waals surface area contributed by atoms with Gasteiger partial charge >= 0.3 is 0 Å². The van der Waals surface area contributed by atoms with Gasteiger partial charge in [0, 0.05) is 12.0 Å². The fourth-order valence-corrected chi connectivity index (χ4v) is 1.92. The zero-order chi connectivity index (χ0) is 12.3. The molecule has 0 bridgehead atoms. The molecule has 0 saturated carbocycles. The SMILES string of the molecule is CC(=O)C1=CCC(OC2=CCC(C)C=C2)C=C1. The van der Waals surface area contributed by atoms with Gasteiger partial charge in [-0.2, -0.15) is 0 Å². The molecule has 0 aliphatic heterocycles. The normalized spacial score (nSPS) is 27.4. The average Bonchev–Trinajstić information content (AvgIpc) is 2.33. The molecule has 0 heterocycles. The molecule has 0 aromatic carbocycles. The Hall–Kier alpha value is -1.57. The highest BCUT2D eigenvalue weighted by molar-refractivity contribution is 5.96. The van der Waals surface area contributed by atoms with Crippen molar-refractivity contribution in [3.8, 4) is 0 Å². The van der Waals surface area contributed by atoms with Gasteiger partial charge in [0.15, 0.2) is 5.78 Å². The van der Waals surface area contributed by atoms with Crippen LogP contribution in [0.5, 0.6) is 0 Å². The Kier molecular flexibility index (Phi) is 3.62. The Morgan fingerprint density at radius 3 is 2.59 bits per heavy atom. The summed E-state index contributed by atoms with van der Waals surface area (Å²) >= 11 is 0. The van der Waals surface area contributed by atoms with Crippen molar-refractivity contribution in [3.05, 3.63) is 47.8 Å². The number of allylic oxidation sites excluding steroid dienone is 5. The predicted octanol–water partition coefficient (Wildman–Crippen LogP) is 3.33. The van der Waals surface area contributed by atoms with Crippen LogP contribution in [-0.4, -0.2) is 11.9 Å². The van der Waals surface area contributed by atoms with Gasteiger partial charge in [0.1, 0.15) is 11.9 Å². The fraction of sp³-hybridized carbons (Fsp3) is 0.400. The molecule has 0 spiro atoms. The summed E-state index contributed by atoms with van der Waals surface area (Å²) in [6.45, 7) is 3.78. The number of ketones is 1. The first kappa shape index (κ1) is 11.9. The zero-order valence-electron chi connectivity index (χ0n) is 10.3. The van der Waals surface area contributed by atoms with E-state index in [1.165, 1.54) is 0 Å². The quantitative estimate of drug-likeness (QED) is 0.743. The third-order valence-electron chi connectivity index (χ3n) is 3.03. The summed E-state index contributed by atoms with van der Waals surface area (Å²) in [6.07, 6.45) is 14.0. The Morgan fingerprint density at radius 1 is 1.24 bits per heavy atom. The molecular formula is C15H18O2. The van der Waals surface area contributed by atoms with Crippen LogP contribution < -0.4 is 0 Å². The summed E-state index contributed by atoms with van der Waals surface area (Å²) < 4.78 is 5.84. The lowest BCUT2D eigenvalue weighted by Crippen LogP contribution is -2.13. The third kappa shape index (κ3) is 3.19. The number of rotatable bonds is 3. The van der Waals surface area contributed by atoms with Crippen molar-refractivity contribution in [2.75, 3.05) is 0 Å². The maximum atomic E-state index is 11.1. The van der Waals surface area contributed by atoms with Crippen molar-refractivity contribution >= 4 is 5.78 Å². The van der Waals surface area contributed by atoms with Gasteiger partial charge in [0.05, 0.1) is 0 Å². The number of hydrogen-bond donors (Lipinski definition) is 0. The minimum Gasteiger partial charge on any atom is -0.486 e. The number of carbonyl (C=O) groups is 1. The topological polar surface area (TPSA) is 26.3 Å². The zero-order valence-corrected chi connectivity index (χ0v) is 10.3. The summed E-state index contributed by atoms with van der Waals surface area (Å²) in [7, 11) is 0. The van der Waals surface area contributed by atoms with Crippen molar-refractivity contribution < 1.29 is 9.53 Å². The molecule has 2 heteroatoms. The number of Topliss-reactive ketones (excluding diaryl/α,β-unsaturated/α-hetero) is 1. The van der Waals surface area contributed by atoms with Gasteiger partial charge in [-0.1, -0.05) is 25.2 Å². The Balaban J connectivity index is 1.90. The molecular weight excluding hydrogens is 212 g/mol. The monoisotopic (exact) mass is 230 g/mol. The Bertz CT molecular complexity index is 424. The van der Waals surface area contributed by atoms with Crippen LogP contribution in [-0.2, 0) is 9.53 Å². The van der Waals surface area contributed by atoms with Crippen molar-refractivity contribution in [3.63, 3.8) is 0 Å². The lowest BCUT2D eigenvalue weighted by atomic mass is 10.0. The Labute approximate surface area is 102 Å². The van der Waals surface area contributed by atoms with Crippen LogP contribution in [0.3, 0.4) is 0 Å². The van der Waals surface area contributed by atoms with Crippen LogP contribution in [0.25, 0.3) is 0 Å². The second kappa shape index (κ2) is 5.17. The van der Waals surface area contributed by atoms with Gasteiger partial charge < -0.3 is 4.74 Å². The largest absolute Gasteiger partial charge is 0.486 e. The molecule has 0 aromatic rings. The van der Waals surface area contributed by atoms with Crippen LogP contribution in [0, 0.1) is 5.92 Å². The fourth-order valence-electron chi connectivity index (χ4n) is 1.92. The molecule has 17 heavy (non-hydrogen) atoms. The standard InChI is InChI=1S/C15H18O2/c1-11-3-7-14(8-4-11)17-15-9-5-13(6-10-15)12(2)16/h3,5-9,11,15H,4,10H2,1-2H3. The van der Waals surface area contributed by atoms with E-state index < -0.39 is 0 Å². The van der Waals surface area contributed by atoms with Gasteiger partial charge in [-0.25, -0.2) is 0 Å². The van der Waals surface area contributed by atoms with Gasteiger partial charge in [-0.05, 0) is 37.5 Å². The first-order valence-electron chi connectivity index (χ1n) is 6.09. The maximum absolute atomic E-state index is 11.1. The molecule has 2 nitrogen and oxygen atoms in total. The van der Waals surface area contributed by atoms with E-state index in [4.69, 9.17) is 4.74 Å². The van der Waals surface area contributed by atoms with Crippen LogP contribution in [0.4, 0.5) is 0 Å². The molecule has 2 rings (SSSR count). The summed E-state index contributed by atoms with van der Waals surface area (Å²) in [5.74, 6) is 1.66. The van der Waals surface area contributed by atoms with E-state index in [0.29, 0.717) is 5.92 Å². The molecule has 0 fully saturated rings. The summed E-state index contributed by atoms with van der Waals surface area (Å²) in [4.78, 5) is 11.1. The van der Waals surface area contributed by atoms with Crippen LogP contribution in [0.1, 0.15) is 26.7 Å². The van der Waals surface area contributed by atoms with Crippen molar-refractivity contribution in [2.45, 2.75) is 32.8 Å². The molecule has 90 valence electrons. The lowest BCUT2D eigenvalue weighted by molar-refractivity contribution is -0.113. The third-order valence-corrected chi connectivity index (χ3v) is 3.03. The van der Waals surface area contributed by atoms with Gasteiger partial charge in [0.2, 0.25) is 0 Å². The van der Waals surface area contributed by atoms with Crippen LogP contribution in [0.15, 0.2) is 47.8 Å². The molecule has 2 unspecified atom stereocenters. The Morgan fingerprint density at radius 2 is 2.06 bits per heavy atom. The highest BCUT2D eigenvalue weighted by Gasteiger charge is 2.13. The molecule has 2 aliphatic rings. The van der Waals surface area contributed by atoms with Crippen LogP contribution in [0.2, 0.25) is 0 Å². The second-order valence-corrected chi connectivity index (χ2v) is 4.65. The first-order valence-corrected chi connectivity index (χ1v) is 6.09. The summed E-state index contributed by atoms with van der Waals surface area (Å²) in [5, 5.41) is 0. The lowest BCUT2D eigenvalue weighted by Gasteiger charge is -2.20. The summed E-state index contributed by atoms with van der Waals surface area (Å²) in [6, 6.07) is 0. The van der Waals surface area contributed by atoms with E-state index in [1.54, 1.807) is 6.92 Å².